The number of alkyl halides is 2. The summed E-state index contributed by atoms with van der Waals surface area (Å²) in [7, 11) is -8.35. The zero-order valence-corrected chi connectivity index (χ0v) is 26.9. The summed E-state index contributed by atoms with van der Waals surface area (Å²) in [6.07, 6.45) is -9.78. The molecule has 6 heterocycles. The quantitative estimate of drug-likeness (QED) is 0.112. The summed E-state index contributed by atoms with van der Waals surface area (Å²) in [4.78, 5) is 56.5. The number of fused-ring (bicyclic) bond motifs is 2. The van der Waals surface area contributed by atoms with Gasteiger partial charge in [0, 0.05) is 17.0 Å². The van der Waals surface area contributed by atoms with Gasteiger partial charge in [0.25, 0.3) is 5.56 Å². The number of aromatic amines is 1. The Bertz CT molecular complexity index is 2050. The van der Waals surface area contributed by atoms with E-state index in [1.807, 2.05) is 4.72 Å². The molecule has 0 radical (unpaired) electrons. The first-order valence-electron chi connectivity index (χ1n) is 14.4. The normalized spacial score (nSPS) is 27.8. The zero-order chi connectivity index (χ0) is 35.2. The molecule has 0 aliphatic carbocycles. The van der Waals surface area contributed by atoms with Crippen molar-refractivity contribution >= 4 is 52.7 Å². The zero-order valence-electron chi connectivity index (χ0n) is 25.2. The number of nitrogens with one attached hydrogen (secondary N) is 3. The second-order valence-corrected chi connectivity index (χ2v) is 13.2. The van der Waals surface area contributed by atoms with Gasteiger partial charge >= 0.3 is 18.6 Å². The van der Waals surface area contributed by atoms with Crippen molar-refractivity contribution in [2.24, 2.45) is 5.92 Å². The smallest absolute Gasteiger partial charge is 0.394 e. The lowest BCUT2D eigenvalue weighted by molar-refractivity contribution is -0.118. The van der Waals surface area contributed by atoms with E-state index in [0.29, 0.717) is 0 Å². The Kier molecular flexibility index (Phi) is 9.76. The van der Waals surface area contributed by atoms with E-state index in [4.69, 9.17) is 18.2 Å². The number of nitrogens with zero attached hydrogens (tertiary/aromatic N) is 7. The van der Waals surface area contributed by atoms with Crippen molar-refractivity contribution in [1.29, 1.82) is 0 Å². The number of anilines is 1. The van der Waals surface area contributed by atoms with Crippen LogP contribution in [0.15, 0.2) is 30.0 Å². The van der Waals surface area contributed by atoms with Crippen molar-refractivity contribution in [2.45, 2.75) is 63.1 Å². The Labute approximate surface area is 274 Å². The van der Waals surface area contributed by atoms with Crippen LogP contribution in [0.25, 0.3) is 22.3 Å². The van der Waals surface area contributed by atoms with E-state index >= 15 is 8.78 Å². The van der Waals surface area contributed by atoms with Crippen LogP contribution in [0.5, 0.6) is 0 Å². The number of halogens is 2. The molecule has 2 aliphatic rings. The molecule has 264 valence electrons. The highest BCUT2D eigenvalue weighted by Crippen LogP contribution is 2.39. The highest BCUT2D eigenvalue weighted by molar-refractivity contribution is 7.84. The summed E-state index contributed by atoms with van der Waals surface area (Å²) in [5.74, 6) is -1.26. The third kappa shape index (κ3) is 6.91. The largest absolute Gasteiger partial charge is 0.695 e. The lowest BCUT2D eigenvalue weighted by Crippen LogP contribution is -2.43. The monoisotopic (exact) mass is 733 g/mol. The Morgan fingerprint density at radius 1 is 1.10 bits per heavy atom. The number of aliphatic hydroxyl groups excluding tert-OH is 1. The maximum atomic E-state index is 15.6. The van der Waals surface area contributed by atoms with Crippen LogP contribution < -0.4 is 15.6 Å². The number of carbonyl (C=O) groups excluding carboxylic acids is 1. The highest BCUT2D eigenvalue weighted by Gasteiger charge is 2.53. The third-order valence-corrected chi connectivity index (χ3v) is 9.03. The van der Waals surface area contributed by atoms with Gasteiger partial charge in [-0.2, -0.15) is 18.1 Å². The maximum Gasteiger partial charge on any atom is 0.695 e. The van der Waals surface area contributed by atoms with Crippen LogP contribution in [-0.2, 0) is 37.8 Å². The molecule has 2 unspecified atom stereocenters. The Hall–Kier alpha value is -4.00. The van der Waals surface area contributed by atoms with Gasteiger partial charge in [-0.25, -0.2) is 32.9 Å². The first-order valence-corrected chi connectivity index (χ1v) is 16.9. The van der Waals surface area contributed by atoms with Gasteiger partial charge in [-0.15, -0.1) is 9.42 Å². The van der Waals surface area contributed by atoms with Gasteiger partial charge < -0.3 is 14.6 Å². The van der Waals surface area contributed by atoms with Gasteiger partial charge in [0.05, 0.1) is 25.5 Å². The second kappa shape index (κ2) is 13.7. The van der Waals surface area contributed by atoms with Crippen molar-refractivity contribution < 1.29 is 54.7 Å². The van der Waals surface area contributed by atoms with Crippen LogP contribution in [0.2, 0.25) is 0 Å². The first-order chi connectivity index (χ1) is 23.3. The molecule has 0 aromatic carbocycles. The molecule has 5 N–H and O–H groups in total. The molecule has 0 bridgehead atoms. The van der Waals surface area contributed by atoms with Crippen molar-refractivity contribution in [2.75, 3.05) is 18.5 Å². The van der Waals surface area contributed by atoms with Crippen LogP contribution in [0, 0.1) is 5.92 Å². The minimum Gasteiger partial charge on any atom is -0.394 e. The molecular formula is C24H28F2N10O11PS+. The van der Waals surface area contributed by atoms with E-state index in [9.17, 15) is 32.6 Å². The van der Waals surface area contributed by atoms with Crippen LogP contribution in [0.1, 0.15) is 26.3 Å². The van der Waals surface area contributed by atoms with Crippen LogP contribution in [0.4, 0.5) is 14.7 Å². The molecule has 2 aliphatic heterocycles. The van der Waals surface area contributed by atoms with Crippen molar-refractivity contribution in [3.05, 3.63) is 35.5 Å². The van der Waals surface area contributed by atoms with Gasteiger partial charge in [-0.05, 0) is 0 Å². The molecule has 2 fully saturated rings. The third-order valence-electron chi connectivity index (χ3n) is 7.61. The van der Waals surface area contributed by atoms with Crippen molar-refractivity contribution in [3.8, 4) is 0 Å². The van der Waals surface area contributed by atoms with Gasteiger partial charge in [-0.3, -0.25) is 29.0 Å². The number of imidazole rings is 2. The molecule has 1 amide bonds. The molecule has 0 saturated carbocycles. The Morgan fingerprint density at radius 2 is 1.82 bits per heavy atom. The minimum atomic E-state index is -4.98. The molecule has 9 atom stereocenters. The Balaban J connectivity index is 1.23. The number of aromatic nitrogens is 8. The number of hydrogen-bond donors (Lipinski definition) is 5. The van der Waals surface area contributed by atoms with E-state index in [0.717, 1.165) is 10.9 Å². The van der Waals surface area contributed by atoms with E-state index in [-0.39, 0.29) is 28.3 Å². The molecule has 4 aromatic rings. The summed E-state index contributed by atoms with van der Waals surface area (Å²) in [6.45, 7) is 1.50. The summed E-state index contributed by atoms with van der Waals surface area (Å²) >= 11 is 0. The number of amides is 1. The summed E-state index contributed by atoms with van der Waals surface area (Å²) in [5.41, 5.74) is -0.877. The standard InChI is InChI=1S/C24H27F2N10O11PS/c1-9(2)20(38)33-24-32-19-15(21(39)34-24)30-8-36(19)23-17(13(25)12(5-37)45-23)47-49(42,43)31-4-11-16(46-48(40)41)14(26)22(44-11)35-7-29-10-3-27-6-28-18(10)35/h3,6-9,11-14,16-17,22-23,31,37H,4-5H2,1-2H3,(H2-,32,33,34,38,39,40,41)/p+1/t11-,12?,13-,14-,16-,17-,22-,23-/m1/s1. The molecule has 49 heavy (non-hydrogen) atoms. The fourth-order valence-corrected chi connectivity index (χ4v) is 6.64. The Morgan fingerprint density at radius 3 is 2.53 bits per heavy atom. The lowest BCUT2D eigenvalue weighted by Gasteiger charge is -2.22. The van der Waals surface area contributed by atoms with Gasteiger partial charge in [0.15, 0.2) is 53.8 Å². The number of hydrogen-bond acceptors (Lipinski definition) is 15. The first kappa shape index (κ1) is 34.8. The molecular weight excluding hydrogens is 705 g/mol. The number of H-pyrrole nitrogens is 1. The van der Waals surface area contributed by atoms with E-state index in [1.54, 1.807) is 13.8 Å². The molecule has 0 spiro atoms. The topological polar surface area (TPSA) is 277 Å². The van der Waals surface area contributed by atoms with E-state index in [1.165, 1.54) is 23.4 Å². The second-order valence-electron chi connectivity index (χ2n) is 11.1. The van der Waals surface area contributed by atoms with Crippen LogP contribution in [0.3, 0.4) is 0 Å². The van der Waals surface area contributed by atoms with E-state index < -0.39 is 98.3 Å². The van der Waals surface area contributed by atoms with Gasteiger partial charge in [0.1, 0.15) is 24.1 Å². The molecule has 21 nitrogen and oxygen atoms in total. The van der Waals surface area contributed by atoms with Gasteiger partial charge in [-0.1, -0.05) is 13.8 Å². The SMILES string of the molecule is CC(C)C(=O)Nc1nc2c(ncn2[C@@H]2OC(CO)[C@@H](F)[C@H]2OS(=O)(=O)NC[C@H]2O[C@@H](n3cnc4cncnc43)[C@H](F)[C@@H]2O[P+](=O)O)c(=O)[nH]1. The van der Waals surface area contributed by atoms with Crippen LogP contribution in [-0.4, -0.2) is 113 Å². The van der Waals surface area contributed by atoms with Crippen molar-refractivity contribution in [1.82, 2.24) is 43.8 Å². The highest BCUT2D eigenvalue weighted by atomic mass is 32.2. The molecule has 2 saturated heterocycles. The fraction of sp³-hybridized carbons (Fsp3) is 0.542. The fourth-order valence-electron chi connectivity index (χ4n) is 5.25. The predicted octanol–water partition coefficient (Wildman–Crippen LogP) is -0.728. The van der Waals surface area contributed by atoms with E-state index in [2.05, 4.69) is 35.2 Å². The van der Waals surface area contributed by atoms with Crippen molar-refractivity contribution in [3.63, 3.8) is 0 Å². The number of carbonyl (C=O) groups is 1. The number of ether oxygens (including phenoxy) is 2. The van der Waals surface area contributed by atoms with Gasteiger partial charge in [0.2, 0.25) is 11.9 Å². The molecule has 4 aromatic heterocycles. The lowest BCUT2D eigenvalue weighted by atomic mass is 10.1. The molecule has 25 heteroatoms. The minimum absolute atomic E-state index is 0.150. The molecule has 6 rings (SSSR count). The average molecular weight is 734 g/mol. The van der Waals surface area contributed by atoms with Crippen LogP contribution >= 0.6 is 8.25 Å². The summed E-state index contributed by atoms with van der Waals surface area (Å²) in [5, 5.41) is 12.1. The number of aliphatic hydroxyl groups is 1. The maximum absolute atomic E-state index is 15.6. The summed E-state index contributed by atoms with van der Waals surface area (Å²) < 4.78 is 94.3. The predicted molar refractivity (Wildman–Crippen MR) is 158 cm³/mol. The average Bonchev–Trinajstić information content (AvgIpc) is 3.81. The number of rotatable bonds is 12. The summed E-state index contributed by atoms with van der Waals surface area (Å²) in [6, 6.07) is 0.